The van der Waals surface area contributed by atoms with Gasteiger partial charge >= 0.3 is 0 Å². The molecule has 1 aromatic carbocycles. The minimum atomic E-state index is -0.118. The zero-order valence-corrected chi connectivity index (χ0v) is 15.1. The molecule has 5 heteroatoms. The lowest BCUT2D eigenvalue weighted by Crippen LogP contribution is -2.32. The van der Waals surface area contributed by atoms with Crippen LogP contribution in [0.25, 0.3) is 0 Å². The van der Waals surface area contributed by atoms with Crippen LogP contribution < -0.4 is 0 Å². The molecule has 2 rings (SSSR count). The summed E-state index contributed by atoms with van der Waals surface area (Å²) in [5.41, 5.74) is 1.96. The van der Waals surface area contributed by atoms with Crippen molar-refractivity contribution in [3.05, 3.63) is 65.5 Å². The lowest BCUT2D eigenvalue weighted by atomic mass is 10.1. The van der Waals surface area contributed by atoms with E-state index in [1.807, 2.05) is 51.1 Å². The minimum absolute atomic E-state index is 0.0988. The first kappa shape index (κ1) is 18.6. The molecule has 0 spiro atoms. The quantitative estimate of drug-likeness (QED) is 0.778. The van der Waals surface area contributed by atoms with E-state index in [1.54, 1.807) is 15.9 Å². The van der Waals surface area contributed by atoms with Gasteiger partial charge in [-0.2, -0.15) is 0 Å². The molecule has 0 aliphatic carbocycles. The van der Waals surface area contributed by atoms with Gasteiger partial charge in [-0.05, 0) is 32.4 Å². The molecule has 0 unspecified atom stereocenters. The highest BCUT2D eigenvalue weighted by molar-refractivity contribution is 5.99. The third kappa shape index (κ3) is 4.66. The van der Waals surface area contributed by atoms with Gasteiger partial charge in [0.1, 0.15) is 0 Å². The van der Waals surface area contributed by atoms with Crippen molar-refractivity contribution in [2.24, 2.45) is 0 Å². The maximum Gasteiger partial charge on any atom is 0.255 e. The minimum Gasteiger partial charge on any atom is -0.339 e. The smallest absolute Gasteiger partial charge is 0.255 e. The van der Waals surface area contributed by atoms with Crippen LogP contribution in [-0.2, 0) is 6.54 Å². The van der Waals surface area contributed by atoms with Crippen molar-refractivity contribution in [1.82, 2.24) is 14.8 Å². The number of hydrogen-bond donors (Lipinski definition) is 0. The molecule has 5 nitrogen and oxygen atoms in total. The Kier molecular flexibility index (Phi) is 6.69. The number of rotatable bonds is 7. The van der Waals surface area contributed by atoms with Gasteiger partial charge in [-0.3, -0.25) is 14.6 Å². The molecular weight excluding hydrogens is 314 g/mol. The van der Waals surface area contributed by atoms with Crippen LogP contribution in [0.15, 0.2) is 48.8 Å². The number of hydrogen-bond acceptors (Lipinski definition) is 3. The monoisotopic (exact) mass is 339 g/mol. The number of pyridine rings is 1. The van der Waals surface area contributed by atoms with Gasteiger partial charge in [0.15, 0.2) is 0 Å². The molecule has 2 amide bonds. The van der Waals surface area contributed by atoms with E-state index in [1.165, 1.54) is 12.4 Å². The predicted octanol–water partition coefficient (Wildman–Crippen LogP) is 3.23. The normalized spacial score (nSPS) is 10.4. The van der Waals surface area contributed by atoms with Crippen LogP contribution in [-0.4, -0.2) is 46.2 Å². The Bertz CT molecular complexity index is 712. The SMILES string of the molecule is CCN(CC)C(=O)c1cncc(C(=O)N(CC)Cc2ccccc2)c1. The number of carbonyl (C=O) groups excluding carboxylic acids is 2. The van der Waals surface area contributed by atoms with Crippen LogP contribution in [0.4, 0.5) is 0 Å². The summed E-state index contributed by atoms with van der Waals surface area (Å²) in [6.07, 6.45) is 3.04. The van der Waals surface area contributed by atoms with E-state index in [4.69, 9.17) is 0 Å². The molecule has 0 saturated heterocycles. The van der Waals surface area contributed by atoms with Crippen molar-refractivity contribution in [3.8, 4) is 0 Å². The van der Waals surface area contributed by atoms with Crippen molar-refractivity contribution < 1.29 is 9.59 Å². The van der Waals surface area contributed by atoms with Gasteiger partial charge in [-0.25, -0.2) is 0 Å². The van der Waals surface area contributed by atoms with Crippen LogP contribution in [0.2, 0.25) is 0 Å². The fourth-order valence-electron chi connectivity index (χ4n) is 2.68. The molecule has 0 aliphatic heterocycles. The number of nitrogens with zero attached hydrogens (tertiary/aromatic N) is 3. The lowest BCUT2D eigenvalue weighted by Gasteiger charge is -2.22. The van der Waals surface area contributed by atoms with Crippen molar-refractivity contribution in [3.63, 3.8) is 0 Å². The fourth-order valence-corrected chi connectivity index (χ4v) is 2.68. The Morgan fingerprint density at radius 3 is 1.88 bits per heavy atom. The topological polar surface area (TPSA) is 53.5 Å². The average Bonchev–Trinajstić information content (AvgIpc) is 2.67. The Hall–Kier alpha value is -2.69. The Morgan fingerprint density at radius 1 is 0.840 bits per heavy atom. The van der Waals surface area contributed by atoms with Gasteiger partial charge in [0, 0.05) is 38.6 Å². The van der Waals surface area contributed by atoms with Gasteiger partial charge in [-0.1, -0.05) is 30.3 Å². The number of amides is 2. The highest BCUT2D eigenvalue weighted by atomic mass is 16.2. The van der Waals surface area contributed by atoms with Crippen molar-refractivity contribution in [2.45, 2.75) is 27.3 Å². The molecule has 0 aliphatic rings. The molecule has 1 heterocycles. The Labute approximate surface area is 149 Å². The van der Waals surface area contributed by atoms with E-state index >= 15 is 0 Å². The average molecular weight is 339 g/mol. The van der Waals surface area contributed by atoms with Crippen LogP contribution in [0.5, 0.6) is 0 Å². The van der Waals surface area contributed by atoms with E-state index in [-0.39, 0.29) is 11.8 Å². The largest absolute Gasteiger partial charge is 0.339 e. The summed E-state index contributed by atoms with van der Waals surface area (Å²) in [7, 11) is 0. The van der Waals surface area contributed by atoms with E-state index in [2.05, 4.69) is 4.98 Å². The highest BCUT2D eigenvalue weighted by Crippen LogP contribution is 2.12. The van der Waals surface area contributed by atoms with Gasteiger partial charge < -0.3 is 9.80 Å². The summed E-state index contributed by atoms with van der Waals surface area (Å²) in [6.45, 7) is 8.18. The highest BCUT2D eigenvalue weighted by Gasteiger charge is 2.18. The molecule has 132 valence electrons. The number of carbonyl (C=O) groups is 2. The summed E-state index contributed by atoms with van der Waals surface area (Å²) >= 11 is 0. The van der Waals surface area contributed by atoms with Gasteiger partial charge in [0.25, 0.3) is 11.8 Å². The van der Waals surface area contributed by atoms with Gasteiger partial charge in [0.05, 0.1) is 11.1 Å². The van der Waals surface area contributed by atoms with E-state index < -0.39 is 0 Å². The Morgan fingerprint density at radius 2 is 1.36 bits per heavy atom. The second-order valence-corrected chi connectivity index (χ2v) is 5.74. The summed E-state index contributed by atoms with van der Waals surface area (Å²) in [5.74, 6) is -0.216. The van der Waals surface area contributed by atoms with Crippen LogP contribution >= 0.6 is 0 Å². The van der Waals surface area contributed by atoms with Crippen LogP contribution in [0.3, 0.4) is 0 Å². The first-order valence-electron chi connectivity index (χ1n) is 8.68. The standard InChI is InChI=1S/C20H25N3O2/c1-4-22(5-2)19(24)17-12-18(14-21-13-17)20(25)23(6-3)15-16-10-8-7-9-11-16/h7-14H,4-6,15H2,1-3H3. The summed E-state index contributed by atoms with van der Waals surface area (Å²) < 4.78 is 0. The Balaban J connectivity index is 2.20. The molecule has 0 bridgehead atoms. The number of benzene rings is 1. The van der Waals surface area contributed by atoms with E-state index in [0.717, 1.165) is 5.56 Å². The second-order valence-electron chi connectivity index (χ2n) is 5.74. The summed E-state index contributed by atoms with van der Waals surface area (Å²) in [6, 6.07) is 11.5. The molecule has 0 saturated carbocycles. The first-order valence-corrected chi connectivity index (χ1v) is 8.68. The summed E-state index contributed by atoms with van der Waals surface area (Å²) in [5, 5.41) is 0. The fraction of sp³-hybridized carbons (Fsp3) is 0.350. The van der Waals surface area contributed by atoms with Gasteiger partial charge in [-0.15, -0.1) is 0 Å². The van der Waals surface area contributed by atoms with Gasteiger partial charge in [0.2, 0.25) is 0 Å². The molecule has 25 heavy (non-hydrogen) atoms. The van der Waals surface area contributed by atoms with Crippen molar-refractivity contribution in [1.29, 1.82) is 0 Å². The maximum absolute atomic E-state index is 12.8. The molecule has 0 N–H and O–H groups in total. The first-order chi connectivity index (χ1) is 12.1. The third-order valence-corrected chi connectivity index (χ3v) is 4.17. The second kappa shape index (κ2) is 8.97. The molecule has 0 radical (unpaired) electrons. The number of aromatic nitrogens is 1. The zero-order chi connectivity index (χ0) is 18.2. The van der Waals surface area contributed by atoms with Crippen molar-refractivity contribution >= 4 is 11.8 Å². The van der Waals surface area contributed by atoms with Crippen LogP contribution in [0.1, 0.15) is 47.1 Å². The molecular formula is C20H25N3O2. The van der Waals surface area contributed by atoms with Crippen LogP contribution in [0, 0.1) is 0 Å². The summed E-state index contributed by atoms with van der Waals surface area (Å²) in [4.78, 5) is 32.9. The van der Waals surface area contributed by atoms with Crippen molar-refractivity contribution in [2.75, 3.05) is 19.6 Å². The molecule has 0 atom stereocenters. The molecule has 2 aromatic rings. The predicted molar refractivity (Wildman–Crippen MR) is 98.3 cm³/mol. The third-order valence-electron chi connectivity index (χ3n) is 4.17. The maximum atomic E-state index is 12.8. The molecule has 0 fully saturated rings. The van der Waals surface area contributed by atoms with E-state index in [0.29, 0.717) is 37.3 Å². The zero-order valence-electron chi connectivity index (χ0n) is 15.1. The molecule has 1 aromatic heterocycles. The lowest BCUT2D eigenvalue weighted by molar-refractivity contribution is 0.0752. The van der Waals surface area contributed by atoms with E-state index in [9.17, 15) is 9.59 Å².